The monoisotopic (exact) mass is 456 g/mol. The third-order valence-corrected chi connectivity index (χ3v) is 6.94. The second kappa shape index (κ2) is 10.4. The lowest BCUT2D eigenvalue weighted by Gasteiger charge is -2.23. The molecule has 0 N–H and O–H groups in total. The van der Waals surface area contributed by atoms with Crippen LogP contribution in [0.25, 0.3) is 22.6 Å². The number of benzene rings is 2. The van der Waals surface area contributed by atoms with Gasteiger partial charge in [0.2, 0.25) is 0 Å². The third kappa shape index (κ3) is 4.85. The summed E-state index contributed by atoms with van der Waals surface area (Å²) in [4.78, 5) is 11.4. The lowest BCUT2D eigenvalue weighted by molar-refractivity contribution is -0.134. The summed E-state index contributed by atoms with van der Waals surface area (Å²) in [6, 6.07) is 15.2. The van der Waals surface area contributed by atoms with Crippen molar-refractivity contribution in [1.29, 1.82) is 0 Å². The van der Waals surface area contributed by atoms with Gasteiger partial charge >= 0.3 is 5.97 Å². The zero-order valence-electron chi connectivity index (χ0n) is 19.8. The molecule has 5 nitrogen and oxygen atoms in total. The Labute approximate surface area is 201 Å². The Bertz CT molecular complexity index is 1210. The lowest BCUT2D eigenvalue weighted by atomic mass is 9.84. The predicted molar refractivity (Wildman–Crippen MR) is 135 cm³/mol. The molecule has 3 aromatic rings. The number of aromatic nitrogens is 2. The first-order valence-electron chi connectivity index (χ1n) is 12.4. The summed E-state index contributed by atoms with van der Waals surface area (Å²) in [5, 5.41) is 5.84. The SMILES string of the molecule is COC(=O)/C=C/c1ccc(C(=C2CCCCC2)c2ccc3c(cnn3C3CCCCO3)c2)cc1. The van der Waals surface area contributed by atoms with Gasteiger partial charge in [-0.1, -0.05) is 42.3 Å². The van der Waals surface area contributed by atoms with Crippen LogP contribution in [0.15, 0.2) is 60.3 Å². The zero-order valence-corrected chi connectivity index (χ0v) is 19.8. The van der Waals surface area contributed by atoms with Gasteiger partial charge in [0.05, 0.1) is 18.8 Å². The summed E-state index contributed by atoms with van der Waals surface area (Å²) in [6.07, 6.45) is 14.7. The van der Waals surface area contributed by atoms with Crippen molar-refractivity contribution in [3.8, 4) is 0 Å². The summed E-state index contributed by atoms with van der Waals surface area (Å²) < 4.78 is 12.7. The van der Waals surface area contributed by atoms with Crippen LogP contribution in [0.2, 0.25) is 0 Å². The first kappa shape index (κ1) is 22.6. The highest BCUT2D eigenvalue weighted by Crippen LogP contribution is 2.37. The van der Waals surface area contributed by atoms with Crippen molar-refractivity contribution in [3.05, 3.63) is 77.0 Å². The third-order valence-electron chi connectivity index (χ3n) is 6.94. The van der Waals surface area contributed by atoms with Crippen LogP contribution >= 0.6 is 0 Å². The van der Waals surface area contributed by atoms with E-state index in [1.54, 1.807) is 6.08 Å². The van der Waals surface area contributed by atoms with Crippen LogP contribution in [0.3, 0.4) is 0 Å². The molecule has 0 radical (unpaired) electrons. The van der Waals surface area contributed by atoms with Gasteiger partial charge in [0.25, 0.3) is 0 Å². The van der Waals surface area contributed by atoms with Crippen LogP contribution in [-0.4, -0.2) is 29.5 Å². The Morgan fingerprint density at radius 3 is 2.56 bits per heavy atom. The zero-order chi connectivity index (χ0) is 23.3. The Morgan fingerprint density at radius 2 is 1.82 bits per heavy atom. The van der Waals surface area contributed by atoms with E-state index in [0.717, 1.165) is 48.8 Å². The summed E-state index contributed by atoms with van der Waals surface area (Å²) in [6.45, 7) is 0.811. The molecule has 5 heteroatoms. The van der Waals surface area contributed by atoms with Gasteiger partial charge in [-0.05, 0) is 85.4 Å². The van der Waals surface area contributed by atoms with E-state index in [2.05, 4.69) is 47.6 Å². The molecule has 0 amide bonds. The maximum atomic E-state index is 11.4. The number of hydrogen-bond donors (Lipinski definition) is 0. The van der Waals surface area contributed by atoms with E-state index in [1.807, 2.05) is 10.9 Å². The number of fused-ring (bicyclic) bond motifs is 1. The molecule has 2 heterocycles. The van der Waals surface area contributed by atoms with E-state index in [9.17, 15) is 4.79 Å². The largest absolute Gasteiger partial charge is 0.466 e. The van der Waals surface area contributed by atoms with Crippen LogP contribution in [0.5, 0.6) is 0 Å². The highest BCUT2D eigenvalue weighted by Gasteiger charge is 2.20. The predicted octanol–water partition coefficient (Wildman–Crippen LogP) is 6.69. The molecule has 34 heavy (non-hydrogen) atoms. The molecule has 2 fully saturated rings. The van der Waals surface area contributed by atoms with Gasteiger partial charge in [0.15, 0.2) is 6.23 Å². The molecule has 1 saturated carbocycles. The van der Waals surface area contributed by atoms with Crippen LogP contribution < -0.4 is 0 Å². The quantitative estimate of drug-likeness (QED) is 0.317. The van der Waals surface area contributed by atoms with Crippen molar-refractivity contribution in [1.82, 2.24) is 9.78 Å². The van der Waals surface area contributed by atoms with E-state index >= 15 is 0 Å². The van der Waals surface area contributed by atoms with Crippen molar-refractivity contribution >= 4 is 28.5 Å². The molecule has 2 aliphatic rings. The van der Waals surface area contributed by atoms with Crippen molar-refractivity contribution in [2.75, 3.05) is 13.7 Å². The van der Waals surface area contributed by atoms with Gasteiger partial charge in [0, 0.05) is 18.1 Å². The maximum absolute atomic E-state index is 11.4. The number of methoxy groups -OCH3 is 1. The molecule has 1 aliphatic heterocycles. The van der Waals surface area contributed by atoms with Crippen LogP contribution in [0.1, 0.15) is 74.3 Å². The number of allylic oxidation sites excluding steroid dienone is 1. The second-order valence-corrected chi connectivity index (χ2v) is 9.20. The van der Waals surface area contributed by atoms with Gasteiger partial charge in [-0.25, -0.2) is 9.48 Å². The van der Waals surface area contributed by atoms with Crippen LogP contribution in [0.4, 0.5) is 0 Å². The number of esters is 1. The number of nitrogens with zero attached hydrogens (tertiary/aromatic N) is 2. The molecular formula is C29H32N2O3. The number of hydrogen-bond acceptors (Lipinski definition) is 4. The average molecular weight is 457 g/mol. The molecule has 5 rings (SSSR count). The summed E-state index contributed by atoms with van der Waals surface area (Å²) in [5.74, 6) is -0.346. The minimum atomic E-state index is -0.346. The van der Waals surface area contributed by atoms with Crippen LogP contribution in [-0.2, 0) is 14.3 Å². The van der Waals surface area contributed by atoms with Crippen molar-refractivity contribution in [2.24, 2.45) is 0 Å². The number of carbonyl (C=O) groups excluding carboxylic acids is 1. The smallest absolute Gasteiger partial charge is 0.330 e. The van der Waals surface area contributed by atoms with Crippen LogP contribution in [0, 0.1) is 0 Å². The first-order valence-corrected chi connectivity index (χ1v) is 12.4. The minimum absolute atomic E-state index is 0.0406. The van der Waals surface area contributed by atoms with Crippen molar-refractivity contribution < 1.29 is 14.3 Å². The van der Waals surface area contributed by atoms with Gasteiger partial charge in [0.1, 0.15) is 0 Å². The van der Waals surface area contributed by atoms with E-state index < -0.39 is 0 Å². The minimum Gasteiger partial charge on any atom is -0.466 e. The average Bonchev–Trinajstić information content (AvgIpc) is 3.33. The first-order chi connectivity index (χ1) is 16.7. The van der Waals surface area contributed by atoms with E-state index in [0.29, 0.717) is 0 Å². The topological polar surface area (TPSA) is 53.3 Å². The molecule has 0 spiro atoms. The Morgan fingerprint density at radius 1 is 1.03 bits per heavy atom. The van der Waals surface area contributed by atoms with Gasteiger partial charge in [-0.2, -0.15) is 5.10 Å². The number of carbonyl (C=O) groups is 1. The Hall–Kier alpha value is -3.18. The molecule has 1 aromatic heterocycles. The molecule has 176 valence electrons. The standard InChI is InChI=1S/C29H32N2O3/c1-33-28(32)17-12-21-10-13-23(14-11-21)29(22-7-3-2-4-8-22)24-15-16-26-25(19-24)20-30-31(26)27-9-5-6-18-34-27/h10-17,19-20,27H,2-9,18H2,1H3/b17-12+. The fourth-order valence-corrected chi connectivity index (χ4v) is 5.15. The molecule has 1 aliphatic carbocycles. The van der Waals surface area contributed by atoms with Crippen molar-refractivity contribution in [2.45, 2.75) is 57.6 Å². The maximum Gasteiger partial charge on any atom is 0.330 e. The normalized spacial score (nSPS) is 19.0. The molecule has 1 saturated heterocycles. The molecule has 1 atom stereocenters. The Kier molecular flexibility index (Phi) is 6.91. The van der Waals surface area contributed by atoms with Gasteiger partial charge < -0.3 is 9.47 Å². The van der Waals surface area contributed by atoms with Crippen molar-refractivity contribution in [3.63, 3.8) is 0 Å². The van der Waals surface area contributed by atoms with Gasteiger partial charge in [-0.15, -0.1) is 0 Å². The summed E-state index contributed by atoms with van der Waals surface area (Å²) in [5.41, 5.74) is 7.44. The Balaban J connectivity index is 1.50. The fourth-order valence-electron chi connectivity index (χ4n) is 5.15. The number of ether oxygens (including phenoxy) is 2. The summed E-state index contributed by atoms with van der Waals surface area (Å²) in [7, 11) is 1.39. The van der Waals surface area contributed by atoms with E-state index in [-0.39, 0.29) is 12.2 Å². The molecule has 1 unspecified atom stereocenters. The highest BCUT2D eigenvalue weighted by atomic mass is 16.5. The summed E-state index contributed by atoms with van der Waals surface area (Å²) >= 11 is 0. The molecular weight excluding hydrogens is 424 g/mol. The lowest BCUT2D eigenvalue weighted by Crippen LogP contribution is -2.18. The molecule has 0 bridgehead atoms. The molecule has 2 aromatic carbocycles. The highest BCUT2D eigenvalue weighted by molar-refractivity contribution is 5.90. The van der Waals surface area contributed by atoms with E-state index in [1.165, 1.54) is 61.1 Å². The van der Waals surface area contributed by atoms with E-state index in [4.69, 9.17) is 9.47 Å². The van der Waals surface area contributed by atoms with Gasteiger partial charge in [-0.3, -0.25) is 0 Å². The fraction of sp³-hybridized carbons (Fsp3) is 0.379. The number of rotatable bonds is 5. The second-order valence-electron chi connectivity index (χ2n) is 9.20.